The van der Waals surface area contributed by atoms with E-state index in [2.05, 4.69) is 10.5 Å². The normalized spacial score (nSPS) is 22.9. The van der Waals surface area contributed by atoms with E-state index in [1.54, 1.807) is 6.21 Å². The van der Waals surface area contributed by atoms with Crippen LogP contribution in [-0.4, -0.2) is 24.5 Å². The summed E-state index contributed by atoms with van der Waals surface area (Å²) in [5, 5.41) is 13.9. The molecule has 0 bridgehead atoms. The fraction of sp³-hybridized carbons (Fsp3) is 0.750. The van der Waals surface area contributed by atoms with Gasteiger partial charge in [0, 0.05) is 25.2 Å². The highest BCUT2D eigenvalue weighted by molar-refractivity contribution is 5.61. The van der Waals surface area contributed by atoms with Gasteiger partial charge in [-0.3, -0.25) is 0 Å². The van der Waals surface area contributed by atoms with Crippen molar-refractivity contribution in [1.82, 2.24) is 5.32 Å². The van der Waals surface area contributed by atoms with E-state index in [1.807, 2.05) is 0 Å². The minimum Gasteiger partial charge on any atom is -0.411 e. The maximum Gasteiger partial charge on any atom is 0.0492 e. The van der Waals surface area contributed by atoms with Crippen molar-refractivity contribution in [1.29, 1.82) is 0 Å². The fourth-order valence-corrected chi connectivity index (χ4v) is 0.511. The van der Waals surface area contributed by atoms with Gasteiger partial charge < -0.3 is 10.5 Å². The molecule has 1 saturated heterocycles. The molecule has 0 aromatic heterocycles. The molecule has 0 unspecified atom stereocenters. The molecule has 0 saturated carbocycles. The van der Waals surface area contributed by atoms with Gasteiger partial charge in [-0.25, -0.2) is 0 Å². The van der Waals surface area contributed by atoms with Crippen molar-refractivity contribution in [3.05, 3.63) is 0 Å². The summed E-state index contributed by atoms with van der Waals surface area (Å²) in [5.41, 5.74) is 0. The molecular formula is C4H8N2O. The molecule has 0 radical (unpaired) electrons. The predicted octanol–water partition coefficient (Wildman–Crippen LogP) is -0.334. The monoisotopic (exact) mass is 100 g/mol. The lowest BCUT2D eigenvalue weighted by molar-refractivity contribution is 0.313. The fourth-order valence-electron chi connectivity index (χ4n) is 0.511. The summed E-state index contributed by atoms with van der Waals surface area (Å²) < 4.78 is 0. The van der Waals surface area contributed by atoms with Gasteiger partial charge in [-0.15, -0.1) is 5.16 Å². The lowest BCUT2D eigenvalue weighted by Gasteiger charge is -2.21. The molecule has 0 atom stereocenters. The van der Waals surface area contributed by atoms with Crippen molar-refractivity contribution in [3.8, 4) is 0 Å². The zero-order valence-electron chi connectivity index (χ0n) is 3.96. The maximum absolute atomic E-state index is 7.94. The van der Waals surface area contributed by atoms with Crippen LogP contribution in [0.1, 0.15) is 0 Å². The Morgan fingerprint density at radius 2 is 2.43 bits per heavy atom. The molecule has 7 heavy (non-hydrogen) atoms. The molecule has 1 fully saturated rings. The van der Waals surface area contributed by atoms with Crippen LogP contribution >= 0.6 is 0 Å². The van der Waals surface area contributed by atoms with Crippen LogP contribution in [0.3, 0.4) is 0 Å². The second kappa shape index (κ2) is 1.93. The Kier molecular flexibility index (Phi) is 1.26. The summed E-state index contributed by atoms with van der Waals surface area (Å²) in [6.07, 6.45) is 1.55. The van der Waals surface area contributed by atoms with Crippen LogP contribution in [0, 0.1) is 5.92 Å². The first kappa shape index (κ1) is 4.59. The van der Waals surface area contributed by atoms with Gasteiger partial charge >= 0.3 is 0 Å². The summed E-state index contributed by atoms with van der Waals surface area (Å²) in [5.74, 6) is 0.477. The molecular weight excluding hydrogens is 92.1 g/mol. The summed E-state index contributed by atoms with van der Waals surface area (Å²) in [7, 11) is 0. The third kappa shape index (κ3) is 0.899. The van der Waals surface area contributed by atoms with Crippen molar-refractivity contribution in [3.63, 3.8) is 0 Å². The highest BCUT2D eigenvalue weighted by Crippen LogP contribution is 1.96. The quantitative estimate of drug-likeness (QED) is 0.269. The molecule has 0 aliphatic carbocycles. The first-order valence-corrected chi connectivity index (χ1v) is 2.32. The third-order valence-corrected chi connectivity index (χ3v) is 1.09. The van der Waals surface area contributed by atoms with Crippen LogP contribution in [0.5, 0.6) is 0 Å². The second-order valence-corrected chi connectivity index (χ2v) is 1.68. The Hall–Kier alpha value is -0.570. The van der Waals surface area contributed by atoms with Crippen LogP contribution in [0.25, 0.3) is 0 Å². The first-order chi connectivity index (χ1) is 3.43. The molecule has 0 amide bonds. The first-order valence-electron chi connectivity index (χ1n) is 2.32. The van der Waals surface area contributed by atoms with Crippen molar-refractivity contribution in [2.75, 3.05) is 13.1 Å². The van der Waals surface area contributed by atoms with Crippen molar-refractivity contribution < 1.29 is 5.21 Å². The van der Waals surface area contributed by atoms with Crippen LogP contribution in [-0.2, 0) is 0 Å². The summed E-state index contributed by atoms with van der Waals surface area (Å²) in [6.45, 7) is 1.92. The number of hydrogen-bond donors (Lipinski definition) is 2. The SMILES string of the molecule is ON=CC1CNC1. The Labute approximate surface area is 42.0 Å². The number of rotatable bonds is 1. The number of oxime groups is 1. The van der Waals surface area contributed by atoms with E-state index >= 15 is 0 Å². The van der Waals surface area contributed by atoms with E-state index in [1.165, 1.54) is 0 Å². The molecule has 1 rings (SSSR count). The Morgan fingerprint density at radius 3 is 2.57 bits per heavy atom. The summed E-state index contributed by atoms with van der Waals surface area (Å²) in [4.78, 5) is 0. The van der Waals surface area contributed by atoms with Gasteiger partial charge in [0.1, 0.15) is 0 Å². The molecule has 3 nitrogen and oxygen atoms in total. The Bertz CT molecular complexity index is 77.8. The zero-order chi connectivity index (χ0) is 5.11. The van der Waals surface area contributed by atoms with Gasteiger partial charge in [-0.1, -0.05) is 0 Å². The van der Waals surface area contributed by atoms with Crippen molar-refractivity contribution in [2.45, 2.75) is 0 Å². The number of nitrogens with one attached hydrogen (secondary N) is 1. The van der Waals surface area contributed by atoms with Crippen LogP contribution in [0.2, 0.25) is 0 Å². The Balaban J connectivity index is 2.14. The average Bonchev–Trinajstić information content (AvgIpc) is 1.55. The molecule has 0 aromatic carbocycles. The highest BCUT2D eigenvalue weighted by Gasteiger charge is 2.12. The molecule has 3 heteroatoms. The molecule has 0 aromatic rings. The molecule has 1 heterocycles. The molecule has 1 aliphatic rings. The number of nitrogens with zero attached hydrogens (tertiary/aromatic N) is 1. The smallest absolute Gasteiger partial charge is 0.0492 e. The Morgan fingerprint density at radius 1 is 1.71 bits per heavy atom. The maximum atomic E-state index is 7.94. The van der Waals surface area contributed by atoms with Crippen molar-refractivity contribution in [2.24, 2.45) is 11.1 Å². The molecule has 0 spiro atoms. The van der Waals surface area contributed by atoms with Gasteiger partial charge in [0.25, 0.3) is 0 Å². The van der Waals surface area contributed by atoms with Gasteiger partial charge in [-0.2, -0.15) is 0 Å². The van der Waals surface area contributed by atoms with Crippen LogP contribution < -0.4 is 5.32 Å². The minimum atomic E-state index is 0.477. The van der Waals surface area contributed by atoms with E-state index in [-0.39, 0.29) is 0 Å². The molecule has 2 N–H and O–H groups in total. The van der Waals surface area contributed by atoms with Crippen molar-refractivity contribution >= 4 is 6.21 Å². The topological polar surface area (TPSA) is 44.6 Å². The summed E-state index contributed by atoms with van der Waals surface area (Å²) >= 11 is 0. The van der Waals surface area contributed by atoms with Gasteiger partial charge in [-0.05, 0) is 0 Å². The number of hydrogen-bond acceptors (Lipinski definition) is 3. The van der Waals surface area contributed by atoms with Crippen LogP contribution in [0.4, 0.5) is 0 Å². The third-order valence-electron chi connectivity index (χ3n) is 1.09. The largest absolute Gasteiger partial charge is 0.411 e. The predicted molar refractivity (Wildman–Crippen MR) is 26.6 cm³/mol. The highest BCUT2D eigenvalue weighted by atomic mass is 16.4. The average molecular weight is 100 g/mol. The van der Waals surface area contributed by atoms with E-state index < -0.39 is 0 Å². The second-order valence-electron chi connectivity index (χ2n) is 1.68. The zero-order valence-corrected chi connectivity index (χ0v) is 3.96. The van der Waals surface area contributed by atoms with Gasteiger partial charge in [0.15, 0.2) is 0 Å². The van der Waals surface area contributed by atoms with E-state index in [0.29, 0.717) is 5.92 Å². The van der Waals surface area contributed by atoms with Crippen LogP contribution in [0.15, 0.2) is 5.16 Å². The van der Waals surface area contributed by atoms with E-state index in [0.717, 1.165) is 13.1 Å². The van der Waals surface area contributed by atoms with E-state index in [4.69, 9.17) is 5.21 Å². The molecule has 40 valence electrons. The minimum absolute atomic E-state index is 0.477. The van der Waals surface area contributed by atoms with E-state index in [9.17, 15) is 0 Å². The summed E-state index contributed by atoms with van der Waals surface area (Å²) in [6, 6.07) is 0. The van der Waals surface area contributed by atoms with Gasteiger partial charge in [0.2, 0.25) is 0 Å². The lowest BCUT2D eigenvalue weighted by Crippen LogP contribution is -2.42. The molecule has 1 aliphatic heterocycles. The lowest BCUT2D eigenvalue weighted by atomic mass is 10.1. The standard InChI is InChI=1S/C4H8N2O/c7-6-3-4-1-5-2-4/h3-5,7H,1-2H2. The van der Waals surface area contributed by atoms with Gasteiger partial charge in [0.05, 0.1) is 0 Å².